The van der Waals surface area contributed by atoms with E-state index in [0.717, 1.165) is 103 Å². The van der Waals surface area contributed by atoms with Crippen molar-refractivity contribution in [3.8, 4) is 0 Å². The van der Waals surface area contributed by atoms with Gasteiger partial charge in [0.25, 0.3) is 0 Å². The topological polar surface area (TPSA) is 127 Å². The van der Waals surface area contributed by atoms with Crippen molar-refractivity contribution in [2.24, 2.45) is 0 Å². The van der Waals surface area contributed by atoms with Crippen molar-refractivity contribution in [3.05, 3.63) is 0 Å². The van der Waals surface area contributed by atoms with Crippen molar-refractivity contribution in [1.29, 1.82) is 0 Å². The Kier molecular flexibility index (Phi) is 22.5. The molecule has 0 saturated carbocycles. The van der Waals surface area contributed by atoms with E-state index in [-0.39, 0.29) is 38.0 Å². The molecule has 0 aliphatic heterocycles. The maximum atomic E-state index is 11.7. The summed E-state index contributed by atoms with van der Waals surface area (Å²) in [7, 11) is 0. The molecule has 0 aliphatic carbocycles. The van der Waals surface area contributed by atoms with Gasteiger partial charge in [0, 0.05) is 25.7 Å². The Bertz CT molecular complexity index is 499. The molecule has 0 bridgehead atoms. The second-order valence-corrected chi connectivity index (χ2v) is 8.89. The minimum absolute atomic E-state index is 0.1000. The Morgan fingerprint density at radius 1 is 0.382 bits per heavy atom. The van der Waals surface area contributed by atoms with Crippen LogP contribution in [0, 0.1) is 0 Å². The molecule has 0 heterocycles. The zero-order valence-electron chi connectivity index (χ0n) is 20.9. The van der Waals surface area contributed by atoms with Gasteiger partial charge in [0.15, 0.2) is 0 Å². The van der Waals surface area contributed by atoms with E-state index in [2.05, 4.69) is 0 Å². The van der Waals surface area contributed by atoms with Gasteiger partial charge >= 0.3 is 23.9 Å². The molecule has 0 radical (unpaired) electrons. The molecule has 8 nitrogen and oxygen atoms in total. The number of hydrogen-bond acceptors (Lipinski definition) is 6. The van der Waals surface area contributed by atoms with Crippen LogP contribution in [-0.4, -0.2) is 47.3 Å². The van der Waals surface area contributed by atoms with Gasteiger partial charge < -0.3 is 19.7 Å². The summed E-state index contributed by atoms with van der Waals surface area (Å²) in [6.45, 7) is 0.200. The van der Waals surface area contributed by atoms with Gasteiger partial charge in [0.05, 0.1) is 0 Å². The van der Waals surface area contributed by atoms with Gasteiger partial charge in [-0.25, -0.2) is 0 Å². The standard InChI is InChI=1S/C26H46O8/c27-23(28)17-13-9-5-1-3-7-11-15-19-25(31)33-21-22-34-26(32)20-16-12-8-4-2-6-10-14-18-24(29)30/h1-22H2,(H,27,28)(H,29,30). The first-order chi connectivity index (χ1) is 16.4. The fourth-order valence-corrected chi connectivity index (χ4v) is 3.67. The monoisotopic (exact) mass is 486 g/mol. The SMILES string of the molecule is O=C(O)CCCCCCCCCCC(=O)OCCOC(=O)CCCCCCCCCCC(=O)O. The Morgan fingerprint density at radius 3 is 0.882 bits per heavy atom. The highest BCUT2D eigenvalue weighted by molar-refractivity contribution is 5.70. The Hall–Kier alpha value is -2.12. The summed E-state index contributed by atoms with van der Waals surface area (Å²) in [4.78, 5) is 44.2. The summed E-state index contributed by atoms with van der Waals surface area (Å²) in [5.74, 6) is -1.97. The lowest BCUT2D eigenvalue weighted by atomic mass is 10.1. The lowest BCUT2D eigenvalue weighted by Crippen LogP contribution is -2.13. The number of carboxylic acid groups (broad SMARTS) is 2. The molecule has 0 saturated heterocycles. The third-order valence-electron chi connectivity index (χ3n) is 5.65. The summed E-state index contributed by atoms with van der Waals surface area (Å²) in [5.41, 5.74) is 0. The molecule has 0 unspecified atom stereocenters. The van der Waals surface area contributed by atoms with Crippen molar-refractivity contribution in [2.45, 2.75) is 128 Å². The number of unbranched alkanes of at least 4 members (excludes halogenated alkanes) is 14. The van der Waals surface area contributed by atoms with Gasteiger partial charge in [0.1, 0.15) is 13.2 Å². The molecule has 0 aromatic carbocycles. The fraction of sp³-hybridized carbons (Fsp3) is 0.846. The molecule has 0 rings (SSSR count). The smallest absolute Gasteiger partial charge is 0.305 e. The van der Waals surface area contributed by atoms with Crippen LogP contribution in [0.3, 0.4) is 0 Å². The highest BCUT2D eigenvalue weighted by Gasteiger charge is 2.06. The third-order valence-corrected chi connectivity index (χ3v) is 5.65. The largest absolute Gasteiger partial charge is 0.481 e. The lowest BCUT2D eigenvalue weighted by Gasteiger charge is -2.07. The van der Waals surface area contributed by atoms with E-state index in [4.69, 9.17) is 19.7 Å². The number of rotatable bonds is 25. The number of esters is 2. The highest BCUT2D eigenvalue weighted by Crippen LogP contribution is 2.12. The molecule has 0 aromatic heterocycles. The van der Waals surface area contributed by atoms with Crippen LogP contribution in [0.25, 0.3) is 0 Å². The van der Waals surface area contributed by atoms with Crippen molar-refractivity contribution >= 4 is 23.9 Å². The van der Waals surface area contributed by atoms with E-state index in [1.165, 1.54) is 0 Å². The molecular weight excluding hydrogens is 440 g/mol. The predicted octanol–water partition coefficient (Wildman–Crippen LogP) is 6.04. The fourth-order valence-electron chi connectivity index (χ4n) is 3.67. The van der Waals surface area contributed by atoms with E-state index < -0.39 is 11.9 Å². The number of aliphatic carboxylic acids is 2. The number of hydrogen-bond donors (Lipinski definition) is 2. The first-order valence-corrected chi connectivity index (χ1v) is 13.2. The van der Waals surface area contributed by atoms with Crippen molar-refractivity contribution in [1.82, 2.24) is 0 Å². The molecule has 198 valence electrons. The highest BCUT2D eigenvalue weighted by atomic mass is 16.6. The molecule has 0 atom stereocenters. The van der Waals surface area contributed by atoms with Gasteiger partial charge in [-0.15, -0.1) is 0 Å². The molecule has 0 amide bonds. The average molecular weight is 487 g/mol. The first-order valence-electron chi connectivity index (χ1n) is 13.2. The van der Waals surface area contributed by atoms with Crippen molar-refractivity contribution < 1.29 is 38.9 Å². The molecular formula is C26H46O8. The molecule has 8 heteroatoms. The average Bonchev–Trinajstić information content (AvgIpc) is 2.78. The Balaban J connectivity index is 3.32. The molecule has 0 spiro atoms. The van der Waals surface area contributed by atoms with E-state index >= 15 is 0 Å². The van der Waals surface area contributed by atoms with Crippen LogP contribution in [0.5, 0.6) is 0 Å². The number of ether oxygens (including phenoxy) is 2. The van der Waals surface area contributed by atoms with E-state index in [9.17, 15) is 19.2 Å². The van der Waals surface area contributed by atoms with Crippen LogP contribution in [0.4, 0.5) is 0 Å². The first kappa shape index (κ1) is 31.9. The lowest BCUT2D eigenvalue weighted by molar-refractivity contribution is -0.152. The third kappa shape index (κ3) is 26.1. The zero-order valence-corrected chi connectivity index (χ0v) is 20.9. The molecule has 0 aromatic rings. The number of carbonyl (C=O) groups is 4. The zero-order chi connectivity index (χ0) is 25.3. The van der Waals surface area contributed by atoms with Gasteiger partial charge in [0.2, 0.25) is 0 Å². The Morgan fingerprint density at radius 2 is 0.618 bits per heavy atom. The van der Waals surface area contributed by atoms with Gasteiger partial charge in [-0.05, 0) is 25.7 Å². The molecule has 2 N–H and O–H groups in total. The summed E-state index contributed by atoms with van der Waals surface area (Å²) in [5, 5.41) is 17.1. The second-order valence-electron chi connectivity index (χ2n) is 8.89. The summed E-state index contributed by atoms with van der Waals surface area (Å²) in [6, 6.07) is 0. The normalized spacial score (nSPS) is 10.7. The minimum atomic E-state index is -0.729. The van der Waals surface area contributed by atoms with E-state index in [1.54, 1.807) is 0 Å². The van der Waals surface area contributed by atoms with E-state index in [1.807, 2.05) is 0 Å². The summed E-state index contributed by atoms with van der Waals surface area (Å²) in [6.07, 6.45) is 16.9. The van der Waals surface area contributed by atoms with Crippen LogP contribution in [0.1, 0.15) is 128 Å². The summed E-state index contributed by atoms with van der Waals surface area (Å²) < 4.78 is 10.2. The van der Waals surface area contributed by atoms with Gasteiger partial charge in [-0.1, -0.05) is 77.0 Å². The summed E-state index contributed by atoms with van der Waals surface area (Å²) >= 11 is 0. The van der Waals surface area contributed by atoms with Crippen LogP contribution in [0.2, 0.25) is 0 Å². The minimum Gasteiger partial charge on any atom is -0.481 e. The Labute approximate surface area is 204 Å². The maximum Gasteiger partial charge on any atom is 0.305 e. The van der Waals surface area contributed by atoms with Crippen LogP contribution >= 0.6 is 0 Å². The molecule has 0 aliphatic rings. The van der Waals surface area contributed by atoms with Crippen molar-refractivity contribution in [3.63, 3.8) is 0 Å². The number of carboxylic acids is 2. The quantitative estimate of drug-likeness (QED) is 0.118. The predicted molar refractivity (Wildman–Crippen MR) is 130 cm³/mol. The van der Waals surface area contributed by atoms with E-state index in [0.29, 0.717) is 12.8 Å². The van der Waals surface area contributed by atoms with Gasteiger partial charge in [-0.3, -0.25) is 19.2 Å². The van der Waals surface area contributed by atoms with Gasteiger partial charge in [-0.2, -0.15) is 0 Å². The maximum absolute atomic E-state index is 11.7. The van der Waals surface area contributed by atoms with Crippen LogP contribution in [-0.2, 0) is 28.7 Å². The second kappa shape index (κ2) is 24.0. The molecule has 0 fully saturated rings. The van der Waals surface area contributed by atoms with Crippen LogP contribution < -0.4 is 0 Å². The van der Waals surface area contributed by atoms with Crippen molar-refractivity contribution in [2.75, 3.05) is 13.2 Å². The number of carbonyl (C=O) groups excluding carboxylic acids is 2. The van der Waals surface area contributed by atoms with Crippen LogP contribution in [0.15, 0.2) is 0 Å². The molecule has 34 heavy (non-hydrogen) atoms.